The second kappa shape index (κ2) is 5.79. The summed E-state index contributed by atoms with van der Waals surface area (Å²) in [5.41, 5.74) is 2.04. The third kappa shape index (κ3) is 3.29. The van der Waals surface area contributed by atoms with E-state index in [0.29, 0.717) is 5.56 Å². The summed E-state index contributed by atoms with van der Waals surface area (Å²) in [7, 11) is 3.44. The molecule has 5 nitrogen and oxygen atoms in total. The lowest BCUT2D eigenvalue weighted by molar-refractivity contribution is 0.0828. The van der Waals surface area contributed by atoms with Gasteiger partial charge in [0.25, 0.3) is 5.91 Å². The fourth-order valence-electron chi connectivity index (χ4n) is 1.56. The summed E-state index contributed by atoms with van der Waals surface area (Å²) >= 11 is 3.38. The molecule has 1 aromatic heterocycles. The Morgan fingerprint density at radius 2 is 1.95 bits per heavy atom. The van der Waals surface area contributed by atoms with Crippen molar-refractivity contribution in [3.63, 3.8) is 0 Å². The highest BCUT2D eigenvalue weighted by Gasteiger charge is 2.14. The maximum atomic E-state index is 12.1. The maximum absolute atomic E-state index is 12.1. The van der Waals surface area contributed by atoms with E-state index in [1.807, 2.05) is 12.1 Å². The monoisotopic (exact) mass is 320 g/mol. The summed E-state index contributed by atoms with van der Waals surface area (Å²) in [4.78, 5) is 21.5. The molecule has 0 spiro atoms. The van der Waals surface area contributed by atoms with Gasteiger partial charge in [0.05, 0.1) is 29.3 Å². The Balaban J connectivity index is 2.37. The average Bonchev–Trinajstić information content (AvgIpc) is 2.41. The van der Waals surface area contributed by atoms with Gasteiger partial charge in [-0.25, -0.2) is 9.97 Å². The first-order chi connectivity index (χ1) is 9.08. The number of halogens is 1. The number of benzene rings is 1. The summed E-state index contributed by atoms with van der Waals surface area (Å²) in [5, 5.41) is 3.14. The Labute approximate surface area is 119 Å². The maximum Gasteiger partial charge on any atom is 0.255 e. The molecule has 0 aliphatic carbocycles. The van der Waals surface area contributed by atoms with E-state index in [1.54, 1.807) is 32.6 Å². The summed E-state index contributed by atoms with van der Waals surface area (Å²) in [6.07, 6.45) is 4.76. The zero-order valence-corrected chi connectivity index (χ0v) is 12.2. The first-order valence-corrected chi connectivity index (χ1v) is 6.40. The third-order valence-corrected chi connectivity index (χ3v) is 2.95. The van der Waals surface area contributed by atoms with Gasteiger partial charge in [0.1, 0.15) is 6.33 Å². The number of amides is 1. The lowest BCUT2D eigenvalue weighted by atomic mass is 10.1. The second-order valence-corrected chi connectivity index (χ2v) is 5.06. The fraction of sp³-hybridized carbons (Fsp3) is 0.154. The van der Waals surface area contributed by atoms with Gasteiger partial charge < -0.3 is 10.2 Å². The van der Waals surface area contributed by atoms with Crippen LogP contribution in [0.3, 0.4) is 0 Å². The van der Waals surface area contributed by atoms with Gasteiger partial charge in [-0.15, -0.1) is 0 Å². The van der Waals surface area contributed by atoms with Crippen LogP contribution >= 0.6 is 15.9 Å². The van der Waals surface area contributed by atoms with Gasteiger partial charge in [0, 0.05) is 18.6 Å². The minimum Gasteiger partial charge on any atom is -0.352 e. The van der Waals surface area contributed by atoms with Crippen LogP contribution in [-0.2, 0) is 0 Å². The topological polar surface area (TPSA) is 58.1 Å². The van der Waals surface area contributed by atoms with Crippen LogP contribution in [0.25, 0.3) is 0 Å². The fourth-order valence-corrected chi connectivity index (χ4v) is 1.92. The van der Waals surface area contributed by atoms with E-state index in [-0.39, 0.29) is 5.91 Å². The summed E-state index contributed by atoms with van der Waals surface area (Å²) in [6.45, 7) is 0. The van der Waals surface area contributed by atoms with Gasteiger partial charge in [0.15, 0.2) is 0 Å². The number of rotatable bonds is 3. The third-order valence-electron chi connectivity index (χ3n) is 2.46. The van der Waals surface area contributed by atoms with Gasteiger partial charge in [-0.1, -0.05) is 15.9 Å². The highest BCUT2D eigenvalue weighted by atomic mass is 79.9. The molecular formula is C13H13BrN4O. The van der Waals surface area contributed by atoms with Gasteiger partial charge in [0.2, 0.25) is 0 Å². The van der Waals surface area contributed by atoms with Crippen LogP contribution in [0.2, 0.25) is 0 Å². The molecule has 0 saturated carbocycles. The molecule has 98 valence electrons. The van der Waals surface area contributed by atoms with Crippen LogP contribution < -0.4 is 5.32 Å². The van der Waals surface area contributed by atoms with Gasteiger partial charge >= 0.3 is 0 Å². The molecule has 0 bridgehead atoms. The number of carbonyl (C=O) groups excluding carboxylic acids is 1. The van der Waals surface area contributed by atoms with Crippen LogP contribution in [0.1, 0.15) is 10.4 Å². The predicted octanol–water partition coefficient (Wildman–Crippen LogP) is 2.68. The smallest absolute Gasteiger partial charge is 0.255 e. The largest absolute Gasteiger partial charge is 0.352 e. The molecule has 0 saturated heterocycles. The Kier molecular flexibility index (Phi) is 4.11. The molecule has 1 N–H and O–H groups in total. The number of carbonyl (C=O) groups is 1. The van der Waals surface area contributed by atoms with E-state index < -0.39 is 0 Å². The highest BCUT2D eigenvalue weighted by Crippen LogP contribution is 2.24. The number of aromatic nitrogens is 2. The number of hydrogen-bond acceptors (Lipinski definition) is 4. The van der Waals surface area contributed by atoms with Crippen LogP contribution in [0.5, 0.6) is 0 Å². The summed E-state index contributed by atoms with van der Waals surface area (Å²) < 4.78 is 0.854. The molecule has 19 heavy (non-hydrogen) atoms. The normalized spacial score (nSPS) is 10.1. The van der Waals surface area contributed by atoms with Crippen LogP contribution in [0, 0.1) is 0 Å². The van der Waals surface area contributed by atoms with Crippen molar-refractivity contribution in [1.82, 2.24) is 14.9 Å². The minimum atomic E-state index is -0.0688. The van der Waals surface area contributed by atoms with Crippen molar-refractivity contribution >= 4 is 33.2 Å². The van der Waals surface area contributed by atoms with E-state index in [1.165, 1.54) is 11.2 Å². The van der Waals surface area contributed by atoms with Gasteiger partial charge in [-0.2, -0.15) is 0 Å². The Hall–Kier alpha value is -1.95. The Morgan fingerprint density at radius 3 is 2.58 bits per heavy atom. The molecule has 0 unspecified atom stereocenters. The molecule has 1 amide bonds. The molecule has 2 aromatic rings. The van der Waals surface area contributed by atoms with Crippen molar-refractivity contribution < 1.29 is 4.79 Å². The molecule has 6 heteroatoms. The molecule has 0 atom stereocenters. The number of hydrogen-bond donors (Lipinski definition) is 1. The molecule has 0 fully saturated rings. The molecular weight excluding hydrogens is 308 g/mol. The molecule has 1 heterocycles. The van der Waals surface area contributed by atoms with E-state index in [2.05, 4.69) is 31.2 Å². The summed E-state index contributed by atoms with van der Waals surface area (Å²) in [6, 6.07) is 5.50. The second-order valence-electron chi connectivity index (χ2n) is 4.14. The molecule has 1 aromatic carbocycles. The van der Waals surface area contributed by atoms with Crippen molar-refractivity contribution in [1.29, 1.82) is 0 Å². The number of nitrogens with zero attached hydrogens (tertiary/aromatic N) is 3. The minimum absolute atomic E-state index is 0.0688. The van der Waals surface area contributed by atoms with E-state index >= 15 is 0 Å². The SMILES string of the molecule is CN(C)C(=O)c1cc(Br)ccc1Nc1cncnc1. The zero-order chi connectivity index (χ0) is 13.8. The lowest BCUT2D eigenvalue weighted by Crippen LogP contribution is -2.22. The quantitative estimate of drug-likeness (QED) is 0.944. The molecule has 2 rings (SSSR count). The van der Waals surface area contributed by atoms with Gasteiger partial charge in [-0.3, -0.25) is 4.79 Å². The zero-order valence-electron chi connectivity index (χ0n) is 10.6. The Morgan fingerprint density at radius 1 is 1.26 bits per heavy atom. The Bertz CT molecular complexity index is 586. The predicted molar refractivity (Wildman–Crippen MR) is 77.5 cm³/mol. The number of anilines is 2. The highest BCUT2D eigenvalue weighted by molar-refractivity contribution is 9.10. The number of nitrogens with one attached hydrogen (secondary N) is 1. The molecule has 0 aliphatic heterocycles. The summed E-state index contributed by atoms with van der Waals surface area (Å²) in [5.74, 6) is -0.0688. The van der Waals surface area contributed by atoms with Crippen molar-refractivity contribution in [3.8, 4) is 0 Å². The average molecular weight is 321 g/mol. The van der Waals surface area contributed by atoms with Crippen LogP contribution in [0.4, 0.5) is 11.4 Å². The van der Waals surface area contributed by atoms with Crippen molar-refractivity contribution in [3.05, 3.63) is 47.0 Å². The van der Waals surface area contributed by atoms with E-state index in [0.717, 1.165) is 15.8 Å². The standard InChI is InChI=1S/C13H13BrN4O/c1-18(2)13(19)11-5-9(14)3-4-12(11)17-10-6-15-8-16-7-10/h3-8,17H,1-2H3. The lowest BCUT2D eigenvalue weighted by Gasteiger charge is -2.15. The van der Waals surface area contributed by atoms with E-state index in [9.17, 15) is 4.79 Å². The van der Waals surface area contributed by atoms with Crippen molar-refractivity contribution in [2.75, 3.05) is 19.4 Å². The molecule has 0 radical (unpaired) electrons. The first kappa shape index (κ1) is 13.5. The first-order valence-electron chi connectivity index (χ1n) is 5.61. The van der Waals surface area contributed by atoms with Gasteiger partial charge in [-0.05, 0) is 18.2 Å². The van der Waals surface area contributed by atoms with Crippen LogP contribution in [0.15, 0.2) is 41.4 Å². The van der Waals surface area contributed by atoms with E-state index in [4.69, 9.17) is 0 Å². The van der Waals surface area contributed by atoms with Crippen LogP contribution in [-0.4, -0.2) is 34.9 Å². The van der Waals surface area contributed by atoms with Crippen molar-refractivity contribution in [2.24, 2.45) is 0 Å². The van der Waals surface area contributed by atoms with Crippen molar-refractivity contribution in [2.45, 2.75) is 0 Å². The molecule has 0 aliphatic rings.